The minimum absolute atomic E-state index is 0.0148. The Kier molecular flexibility index (Phi) is 5.01. The van der Waals surface area contributed by atoms with Gasteiger partial charge in [0.15, 0.2) is 0 Å². The number of aliphatic hydroxyl groups is 1. The van der Waals surface area contributed by atoms with Crippen LogP contribution in [0.4, 0.5) is 0 Å². The van der Waals surface area contributed by atoms with Crippen molar-refractivity contribution in [3.63, 3.8) is 0 Å². The monoisotopic (exact) mass is 227 g/mol. The highest BCUT2D eigenvalue weighted by Crippen LogP contribution is 2.13. The van der Waals surface area contributed by atoms with E-state index in [1.165, 1.54) is 6.26 Å². The Morgan fingerprint density at radius 2 is 2.25 bits per heavy atom. The Balaban J connectivity index is 2.68. The third-order valence-electron chi connectivity index (χ3n) is 2.29. The van der Waals surface area contributed by atoms with Gasteiger partial charge in [0, 0.05) is 18.7 Å². The zero-order valence-corrected chi connectivity index (χ0v) is 9.35. The molecule has 0 bridgehead atoms. The van der Waals surface area contributed by atoms with Gasteiger partial charge in [-0.05, 0) is 19.0 Å². The van der Waals surface area contributed by atoms with E-state index < -0.39 is 5.97 Å². The van der Waals surface area contributed by atoms with Crippen molar-refractivity contribution in [2.75, 3.05) is 19.7 Å². The lowest BCUT2D eigenvalue weighted by atomic mass is 10.2. The molecule has 1 aromatic rings. The maximum atomic E-state index is 10.8. The Hall–Kier alpha value is -1.33. The smallest absolute Gasteiger partial charge is 0.372 e. The van der Waals surface area contributed by atoms with Crippen molar-refractivity contribution in [2.45, 2.75) is 19.9 Å². The number of carboxylic acid groups (broad SMARTS) is 1. The topological polar surface area (TPSA) is 73.9 Å². The van der Waals surface area contributed by atoms with Gasteiger partial charge in [-0.3, -0.25) is 4.90 Å². The molecule has 0 spiro atoms. The van der Waals surface area contributed by atoms with Crippen molar-refractivity contribution in [1.82, 2.24) is 4.90 Å². The molecular weight excluding hydrogens is 210 g/mol. The number of hydrogen-bond donors (Lipinski definition) is 2. The standard InChI is InChI=1S/C11H17NO4/c1-2-4-12(5-6-13)8-9-3-7-16-10(9)11(14)15/h3,7,13H,2,4-6,8H2,1H3,(H,14,15). The largest absolute Gasteiger partial charge is 0.475 e. The molecule has 1 heterocycles. The lowest BCUT2D eigenvalue weighted by Crippen LogP contribution is -2.27. The fourth-order valence-corrected chi connectivity index (χ4v) is 1.62. The molecule has 0 aliphatic rings. The molecule has 5 heteroatoms. The van der Waals surface area contributed by atoms with Crippen LogP contribution >= 0.6 is 0 Å². The molecule has 0 fully saturated rings. The molecule has 0 saturated carbocycles. The minimum atomic E-state index is -1.06. The normalized spacial score (nSPS) is 10.9. The molecular formula is C11H17NO4. The molecule has 16 heavy (non-hydrogen) atoms. The van der Waals surface area contributed by atoms with Crippen molar-refractivity contribution in [3.8, 4) is 0 Å². The number of carbonyl (C=O) groups is 1. The van der Waals surface area contributed by atoms with Gasteiger partial charge in [0.2, 0.25) is 5.76 Å². The van der Waals surface area contributed by atoms with E-state index in [1.807, 2.05) is 11.8 Å². The van der Waals surface area contributed by atoms with Gasteiger partial charge in [-0.15, -0.1) is 0 Å². The SMILES string of the molecule is CCCN(CCO)Cc1ccoc1C(=O)O. The molecule has 0 aliphatic carbocycles. The van der Waals surface area contributed by atoms with E-state index in [4.69, 9.17) is 14.6 Å². The molecule has 90 valence electrons. The first kappa shape index (κ1) is 12.7. The Bertz CT molecular complexity index is 328. The van der Waals surface area contributed by atoms with Gasteiger partial charge < -0.3 is 14.6 Å². The predicted molar refractivity (Wildman–Crippen MR) is 58.3 cm³/mol. The zero-order chi connectivity index (χ0) is 12.0. The number of aromatic carboxylic acids is 1. The summed E-state index contributed by atoms with van der Waals surface area (Å²) < 4.78 is 4.89. The third kappa shape index (κ3) is 3.36. The van der Waals surface area contributed by atoms with E-state index in [1.54, 1.807) is 6.07 Å². The van der Waals surface area contributed by atoms with Gasteiger partial charge >= 0.3 is 5.97 Å². The van der Waals surface area contributed by atoms with E-state index in [9.17, 15) is 4.79 Å². The summed E-state index contributed by atoms with van der Waals surface area (Å²) in [5.74, 6) is -1.07. The van der Waals surface area contributed by atoms with E-state index >= 15 is 0 Å². The molecule has 5 nitrogen and oxygen atoms in total. The number of furan rings is 1. The summed E-state index contributed by atoms with van der Waals surface area (Å²) >= 11 is 0. The van der Waals surface area contributed by atoms with Crippen LogP contribution in [-0.2, 0) is 6.54 Å². The summed E-state index contributed by atoms with van der Waals surface area (Å²) in [5.41, 5.74) is 0.648. The average molecular weight is 227 g/mol. The highest BCUT2D eigenvalue weighted by molar-refractivity contribution is 5.86. The van der Waals surface area contributed by atoms with Crippen LogP contribution in [-0.4, -0.2) is 40.8 Å². The number of hydrogen-bond acceptors (Lipinski definition) is 4. The highest BCUT2D eigenvalue weighted by atomic mass is 16.4. The maximum absolute atomic E-state index is 10.8. The van der Waals surface area contributed by atoms with Crippen LogP contribution in [0.3, 0.4) is 0 Å². The second-order valence-electron chi connectivity index (χ2n) is 3.58. The van der Waals surface area contributed by atoms with Crippen LogP contribution in [0.25, 0.3) is 0 Å². The Morgan fingerprint density at radius 3 is 2.81 bits per heavy atom. The first-order valence-electron chi connectivity index (χ1n) is 5.32. The Morgan fingerprint density at radius 1 is 1.50 bits per heavy atom. The van der Waals surface area contributed by atoms with Crippen LogP contribution in [0.2, 0.25) is 0 Å². The van der Waals surface area contributed by atoms with Gasteiger partial charge in [-0.25, -0.2) is 4.79 Å². The molecule has 1 aromatic heterocycles. The van der Waals surface area contributed by atoms with Crippen molar-refractivity contribution in [1.29, 1.82) is 0 Å². The minimum Gasteiger partial charge on any atom is -0.475 e. The number of nitrogens with zero attached hydrogens (tertiary/aromatic N) is 1. The molecule has 0 saturated heterocycles. The summed E-state index contributed by atoms with van der Waals surface area (Å²) in [7, 11) is 0. The molecule has 0 amide bonds. The zero-order valence-electron chi connectivity index (χ0n) is 9.35. The van der Waals surface area contributed by atoms with Crippen molar-refractivity contribution >= 4 is 5.97 Å². The average Bonchev–Trinajstić information content (AvgIpc) is 2.66. The molecule has 1 rings (SSSR count). The van der Waals surface area contributed by atoms with Crippen LogP contribution in [0.1, 0.15) is 29.5 Å². The Labute approximate surface area is 94.3 Å². The maximum Gasteiger partial charge on any atom is 0.372 e. The molecule has 2 N–H and O–H groups in total. The molecule has 0 unspecified atom stereocenters. The number of rotatable bonds is 7. The predicted octanol–water partition coefficient (Wildman–Crippen LogP) is 1.18. The summed E-state index contributed by atoms with van der Waals surface area (Å²) in [6, 6.07) is 1.66. The van der Waals surface area contributed by atoms with Crippen LogP contribution in [0, 0.1) is 0 Å². The fourth-order valence-electron chi connectivity index (χ4n) is 1.62. The lowest BCUT2D eigenvalue weighted by Gasteiger charge is -2.19. The molecule has 0 aliphatic heterocycles. The number of aliphatic hydroxyl groups excluding tert-OH is 1. The molecule has 0 aromatic carbocycles. The second-order valence-corrected chi connectivity index (χ2v) is 3.58. The van der Waals surface area contributed by atoms with Gasteiger partial charge in [0.05, 0.1) is 12.9 Å². The first-order valence-corrected chi connectivity index (χ1v) is 5.32. The second kappa shape index (κ2) is 6.30. The molecule has 0 radical (unpaired) electrons. The van der Waals surface area contributed by atoms with E-state index in [2.05, 4.69) is 0 Å². The van der Waals surface area contributed by atoms with E-state index in [-0.39, 0.29) is 12.4 Å². The van der Waals surface area contributed by atoms with Crippen LogP contribution in [0.15, 0.2) is 16.7 Å². The van der Waals surface area contributed by atoms with Gasteiger partial charge in [-0.1, -0.05) is 6.92 Å². The van der Waals surface area contributed by atoms with Crippen LogP contribution < -0.4 is 0 Å². The first-order chi connectivity index (χ1) is 7.69. The van der Waals surface area contributed by atoms with Crippen molar-refractivity contribution in [3.05, 3.63) is 23.7 Å². The summed E-state index contributed by atoms with van der Waals surface area (Å²) in [6.07, 6.45) is 2.34. The van der Waals surface area contributed by atoms with E-state index in [0.717, 1.165) is 13.0 Å². The van der Waals surface area contributed by atoms with E-state index in [0.29, 0.717) is 18.7 Å². The van der Waals surface area contributed by atoms with Gasteiger partial charge in [0.1, 0.15) is 0 Å². The summed E-state index contributed by atoms with van der Waals surface area (Å²) in [5, 5.41) is 17.8. The summed E-state index contributed by atoms with van der Waals surface area (Å²) in [6.45, 7) is 3.97. The lowest BCUT2D eigenvalue weighted by molar-refractivity contribution is 0.0659. The molecule has 0 atom stereocenters. The van der Waals surface area contributed by atoms with Crippen molar-refractivity contribution in [2.24, 2.45) is 0 Å². The van der Waals surface area contributed by atoms with Gasteiger partial charge in [-0.2, -0.15) is 0 Å². The van der Waals surface area contributed by atoms with Crippen molar-refractivity contribution < 1.29 is 19.4 Å². The highest BCUT2D eigenvalue weighted by Gasteiger charge is 2.16. The number of carboxylic acids is 1. The van der Waals surface area contributed by atoms with Crippen LogP contribution in [0.5, 0.6) is 0 Å². The summed E-state index contributed by atoms with van der Waals surface area (Å²) in [4.78, 5) is 12.8. The third-order valence-corrected chi connectivity index (χ3v) is 2.29. The van der Waals surface area contributed by atoms with Gasteiger partial charge in [0.25, 0.3) is 0 Å². The quantitative estimate of drug-likeness (QED) is 0.731. The fraction of sp³-hybridized carbons (Fsp3) is 0.545.